The van der Waals surface area contributed by atoms with Gasteiger partial charge >= 0.3 is 11.9 Å². The normalized spacial score (nSPS) is 21.1. The molecule has 4 heteroatoms. The number of benzene rings is 1. The first-order chi connectivity index (χ1) is 11.3. The number of hydrogen-bond donors (Lipinski definition) is 0. The fourth-order valence-corrected chi connectivity index (χ4v) is 3.02. The average molecular weight is 332 g/mol. The van der Waals surface area contributed by atoms with Crippen LogP contribution in [-0.4, -0.2) is 17.5 Å². The number of carbonyl (C=O) groups is 2. The van der Waals surface area contributed by atoms with Gasteiger partial charge in [0, 0.05) is 6.42 Å². The van der Waals surface area contributed by atoms with Crippen LogP contribution in [0, 0.1) is 11.8 Å². The largest absolute Gasteiger partial charge is 0.461 e. The molecule has 0 radical (unpaired) electrons. The molecule has 0 aromatic heterocycles. The third-order valence-corrected chi connectivity index (χ3v) is 4.28. The molecule has 0 saturated heterocycles. The first kappa shape index (κ1) is 18.5. The molecule has 24 heavy (non-hydrogen) atoms. The summed E-state index contributed by atoms with van der Waals surface area (Å²) in [5.41, 5.74) is 0.564. The quantitative estimate of drug-likeness (QED) is 0.756. The Morgan fingerprint density at radius 3 is 2.25 bits per heavy atom. The molecule has 1 aliphatic carbocycles. The zero-order valence-corrected chi connectivity index (χ0v) is 14.9. The van der Waals surface area contributed by atoms with Crippen LogP contribution < -0.4 is 0 Å². The van der Waals surface area contributed by atoms with Gasteiger partial charge in [0.05, 0.1) is 5.92 Å². The van der Waals surface area contributed by atoms with Gasteiger partial charge in [-0.2, -0.15) is 0 Å². The molecule has 1 aliphatic rings. The van der Waals surface area contributed by atoms with E-state index < -0.39 is 5.60 Å². The van der Waals surface area contributed by atoms with Crippen LogP contribution in [-0.2, 0) is 25.7 Å². The lowest BCUT2D eigenvalue weighted by Crippen LogP contribution is -2.31. The molecule has 1 aromatic carbocycles. The highest BCUT2D eigenvalue weighted by Gasteiger charge is 2.30. The minimum atomic E-state index is -0.435. The van der Waals surface area contributed by atoms with E-state index in [1.807, 2.05) is 51.1 Å². The lowest BCUT2D eigenvalue weighted by Gasteiger charge is -2.29. The molecule has 0 aliphatic heterocycles. The summed E-state index contributed by atoms with van der Waals surface area (Å²) < 4.78 is 10.8. The molecule has 132 valence electrons. The highest BCUT2D eigenvalue weighted by molar-refractivity contribution is 5.73. The van der Waals surface area contributed by atoms with Crippen molar-refractivity contribution in [3.05, 3.63) is 35.9 Å². The van der Waals surface area contributed by atoms with Crippen molar-refractivity contribution >= 4 is 11.9 Å². The topological polar surface area (TPSA) is 52.6 Å². The number of rotatable bonds is 5. The maximum atomic E-state index is 12.1. The van der Waals surface area contributed by atoms with Gasteiger partial charge in [0.25, 0.3) is 0 Å². The zero-order chi connectivity index (χ0) is 17.6. The summed E-state index contributed by atoms with van der Waals surface area (Å²) in [6, 6.07) is 9.69. The predicted molar refractivity (Wildman–Crippen MR) is 92.1 cm³/mol. The van der Waals surface area contributed by atoms with Crippen LogP contribution >= 0.6 is 0 Å². The van der Waals surface area contributed by atoms with Crippen LogP contribution in [0.3, 0.4) is 0 Å². The second-order valence-corrected chi connectivity index (χ2v) is 7.60. The summed E-state index contributed by atoms with van der Waals surface area (Å²) in [5, 5.41) is 0. The third-order valence-electron chi connectivity index (χ3n) is 4.28. The van der Waals surface area contributed by atoms with Crippen molar-refractivity contribution < 1.29 is 19.1 Å². The van der Waals surface area contributed by atoms with E-state index in [1.165, 1.54) is 0 Å². The highest BCUT2D eigenvalue weighted by Crippen LogP contribution is 2.32. The van der Waals surface area contributed by atoms with Crippen LogP contribution in [0.5, 0.6) is 0 Å². The molecule has 0 spiro atoms. The zero-order valence-electron chi connectivity index (χ0n) is 14.9. The molecule has 1 aromatic rings. The summed E-state index contributed by atoms with van der Waals surface area (Å²) in [6.45, 7) is 5.99. The Balaban J connectivity index is 1.69. The van der Waals surface area contributed by atoms with E-state index in [1.54, 1.807) is 0 Å². The molecule has 2 rings (SSSR count). The monoisotopic (exact) mass is 332 g/mol. The van der Waals surface area contributed by atoms with Crippen LogP contribution in [0.2, 0.25) is 0 Å². The van der Waals surface area contributed by atoms with E-state index in [9.17, 15) is 9.59 Å². The lowest BCUT2D eigenvalue weighted by atomic mass is 9.80. The summed E-state index contributed by atoms with van der Waals surface area (Å²) in [6.07, 6.45) is 3.79. The Morgan fingerprint density at radius 1 is 1.04 bits per heavy atom. The number of carbonyl (C=O) groups excluding carboxylic acids is 2. The van der Waals surface area contributed by atoms with Gasteiger partial charge in [0.2, 0.25) is 0 Å². The molecule has 0 heterocycles. The first-order valence-electron chi connectivity index (χ1n) is 8.76. The number of ether oxygens (including phenoxy) is 2. The summed E-state index contributed by atoms with van der Waals surface area (Å²) in [5.74, 6) is 0.0277. The number of hydrogen-bond acceptors (Lipinski definition) is 4. The van der Waals surface area contributed by atoms with E-state index in [2.05, 4.69) is 0 Å². The summed E-state index contributed by atoms with van der Waals surface area (Å²) in [4.78, 5) is 24.1. The van der Waals surface area contributed by atoms with Crippen molar-refractivity contribution in [3.63, 3.8) is 0 Å². The molecular weight excluding hydrogens is 304 g/mol. The van der Waals surface area contributed by atoms with Crippen molar-refractivity contribution in [2.24, 2.45) is 11.8 Å². The van der Waals surface area contributed by atoms with Gasteiger partial charge in [-0.3, -0.25) is 9.59 Å². The van der Waals surface area contributed by atoms with E-state index >= 15 is 0 Å². The fraction of sp³-hybridized carbons (Fsp3) is 0.600. The second-order valence-electron chi connectivity index (χ2n) is 7.60. The highest BCUT2D eigenvalue weighted by atomic mass is 16.6. The Labute approximate surface area is 144 Å². The van der Waals surface area contributed by atoms with E-state index in [4.69, 9.17) is 9.47 Å². The van der Waals surface area contributed by atoms with Crippen molar-refractivity contribution in [1.82, 2.24) is 0 Å². The Hall–Kier alpha value is -1.84. The standard InChI is InChI=1S/C20H28O4/c1-20(2,3)24-19(22)17-11-9-15(10-12-17)13-18(21)23-14-16-7-5-4-6-8-16/h4-8,15,17H,9-14H2,1-3H3. The Kier molecular flexibility index (Phi) is 6.41. The van der Waals surface area contributed by atoms with Gasteiger partial charge in [-0.15, -0.1) is 0 Å². The molecular formula is C20H28O4. The first-order valence-corrected chi connectivity index (χ1v) is 8.76. The van der Waals surface area contributed by atoms with Gasteiger partial charge in [-0.25, -0.2) is 0 Å². The van der Waals surface area contributed by atoms with Crippen molar-refractivity contribution in [1.29, 1.82) is 0 Å². The van der Waals surface area contributed by atoms with E-state index in [0.717, 1.165) is 31.2 Å². The van der Waals surface area contributed by atoms with Gasteiger partial charge in [-0.1, -0.05) is 30.3 Å². The van der Waals surface area contributed by atoms with Gasteiger partial charge in [-0.05, 0) is 57.9 Å². The smallest absolute Gasteiger partial charge is 0.309 e. The Morgan fingerprint density at radius 2 is 1.67 bits per heavy atom. The molecule has 4 nitrogen and oxygen atoms in total. The van der Waals surface area contributed by atoms with E-state index in [-0.39, 0.29) is 17.9 Å². The van der Waals surface area contributed by atoms with Gasteiger partial charge in [0.1, 0.15) is 12.2 Å². The predicted octanol–water partition coefficient (Wildman–Crippen LogP) is 4.27. The minimum Gasteiger partial charge on any atom is -0.461 e. The molecule has 0 N–H and O–H groups in total. The average Bonchev–Trinajstić information content (AvgIpc) is 2.53. The molecule has 0 bridgehead atoms. The van der Waals surface area contributed by atoms with Crippen molar-refractivity contribution in [2.45, 2.75) is 65.1 Å². The molecule has 0 atom stereocenters. The third kappa shape index (κ3) is 6.34. The fourth-order valence-electron chi connectivity index (χ4n) is 3.02. The van der Waals surface area contributed by atoms with Gasteiger partial charge < -0.3 is 9.47 Å². The molecule has 0 amide bonds. The summed E-state index contributed by atoms with van der Waals surface area (Å²) in [7, 11) is 0. The van der Waals surface area contributed by atoms with E-state index in [0.29, 0.717) is 18.9 Å². The van der Waals surface area contributed by atoms with Crippen LogP contribution in [0.1, 0.15) is 58.4 Å². The SMILES string of the molecule is CC(C)(C)OC(=O)C1CCC(CC(=O)OCc2ccccc2)CC1. The summed E-state index contributed by atoms with van der Waals surface area (Å²) >= 11 is 0. The second kappa shape index (κ2) is 8.32. The number of esters is 2. The van der Waals surface area contributed by atoms with Crippen LogP contribution in [0.25, 0.3) is 0 Å². The molecule has 1 fully saturated rings. The molecule has 0 unspecified atom stereocenters. The Bertz CT molecular complexity index is 537. The molecule has 1 saturated carbocycles. The van der Waals surface area contributed by atoms with Crippen molar-refractivity contribution in [3.8, 4) is 0 Å². The van der Waals surface area contributed by atoms with Crippen molar-refractivity contribution in [2.75, 3.05) is 0 Å². The maximum absolute atomic E-state index is 12.1. The lowest BCUT2D eigenvalue weighted by molar-refractivity contribution is -0.161. The van der Waals surface area contributed by atoms with Gasteiger partial charge in [0.15, 0.2) is 0 Å². The van der Waals surface area contributed by atoms with Crippen LogP contribution in [0.4, 0.5) is 0 Å². The minimum absolute atomic E-state index is 0.0270. The maximum Gasteiger partial charge on any atom is 0.309 e. The van der Waals surface area contributed by atoms with Crippen LogP contribution in [0.15, 0.2) is 30.3 Å².